The number of rotatable bonds is 8. The highest BCUT2D eigenvalue weighted by atomic mass is 35.5. The lowest BCUT2D eigenvalue weighted by molar-refractivity contribution is -0.133. The lowest BCUT2D eigenvalue weighted by Gasteiger charge is -2.22. The van der Waals surface area contributed by atoms with Crippen LogP contribution in [0, 0.1) is 0 Å². The second kappa shape index (κ2) is 11.9. The highest BCUT2D eigenvalue weighted by Crippen LogP contribution is 2.29. The molecule has 0 aliphatic heterocycles. The van der Waals surface area contributed by atoms with Gasteiger partial charge in [-0.3, -0.25) is 9.59 Å². The minimum atomic E-state index is -0.388. The number of likely N-dealkylation sites (N-methyl/N-ethyl adjacent to an activating group) is 1. The van der Waals surface area contributed by atoms with Crippen molar-refractivity contribution >= 4 is 46.7 Å². The summed E-state index contributed by atoms with van der Waals surface area (Å²) >= 11 is 12.0. The molecule has 1 aromatic carbocycles. The number of urea groups is 1. The summed E-state index contributed by atoms with van der Waals surface area (Å²) in [5.41, 5.74) is 0.329. The minimum absolute atomic E-state index is 0.115. The standard InChI is InChI=1S/C20H28Cl2N4O3/c1-26(13-17(27)25-19-15(21)9-5-10-16(19)22)18(28)11-6-12-23-20(29)24-14-7-3-2-4-8-14/h5,9-10,14H,2-4,6-8,11-13H2,1H3,(H,25,27)(H2,23,24,29). The average molecular weight is 443 g/mol. The Kier molecular flexibility index (Phi) is 9.54. The van der Waals surface area contributed by atoms with Gasteiger partial charge in [0.05, 0.1) is 22.3 Å². The highest BCUT2D eigenvalue weighted by molar-refractivity contribution is 6.39. The van der Waals surface area contributed by atoms with E-state index >= 15 is 0 Å². The zero-order chi connectivity index (χ0) is 21.2. The fourth-order valence-corrected chi connectivity index (χ4v) is 3.71. The molecule has 0 aromatic heterocycles. The number of amides is 4. The first-order chi connectivity index (χ1) is 13.9. The first-order valence-corrected chi connectivity index (χ1v) is 10.6. The van der Waals surface area contributed by atoms with Gasteiger partial charge < -0.3 is 20.9 Å². The highest BCUT2D eigenvalue weighted by Gasteiger charge is 2.17. The van der Waals surface area contributed by atoms with Crippen LogP contribution in [0.3, 0.4) is 0 Å². The maximum atomic E-state index is 12.2. The van der Waals surface area contributed by atoms with E-state index in [0.29, 0.717) is 28.7 Å². The van der Waals surface area contributed by atoms with Gasteiger partial charge in [0.25, 0.3) is 0 Å². The van der Waals surface area contributed by atoms with Gasteiger partial charge >= 0.3 is 6.03 Å². The van der Waals surface area contributed by atoms with Crippen LogP contribution < -0.4 is 16.0 Å². The molecule has 1 aromatic rings. The molecule has 0 radical (unpaired) electrons. The molecule has 160 valence electrons. The number of halogens is 2. The normalized spacial score (nSPS) is 14.2. The fourth-order valence-electron chi connectivity index (χ4n) is 3.22. The number of hydrogen-bond donors (Lipinski definition) is 3. The van der Waals surface area contributed by atoms with Crippen LogP contribution in [0.25, 0.3) is 0 Å². The molecule has 0 bridgehead atoms. The molecule has 3 N–H and O–H groups in total. The van der Waals surface area contributed by atoms with Crippen LogP contribution in [-0.4, -0.2) is 48.9 Å². The van der Waals surface area contributed by atoms with Gasteiger partial charge in [0.2, 0.25) is 11.8 Å². The summed E-state index contributed by atoms with van der Waals surface area (Å²) in [7, 11) is 1.55. The van der Waals surface area contributed by atoms with Gasteiger partial charge in [-0.15, -0.1) is 0 Å². The van der Waals surface area contributed by atoms with E-state index in [1.165, 1.54) is 11.3 Å². The smallest absolute Gasteiger partial charge is 0.315 e. The molecule has 1 aliphatic rings. The molecule has 2 rings (SSSR count). The van der Waals surface area contributed by atoms with Gasteiger partial charge in [0, 0.05) is 26.1 Å². The number of nitrogens with zero attached hydrogens (tertiary/aromatic N) is 1. The van der Waals surface area contributed by atoms with E-state index < -0.39 is 0 Å². The molecule has 7 nitrogen and oxygen atoms in total. The van der Waals surface area contributed by atoms with Crippen molar-refractivity contribution in [3.8, 4) is 0 Å². The van der Waals surface area contributed by atoms with E-state index in [9.17, 15) is 14.4 Å². The van der Waals surface area contributed by atoms with E-state index in [1.807, 2.05) is 0 Å². The van der Waals surface area contributed by atoms with Crippen LogP contribution >= 0.6 is 23.2 Å². The molecule has 0 heterocycles. The molecular weight excluding hydrogens is 415 g/mol. The third kappa shape index (κ3) is 8.11. The summed E-state index contributed by atoms with van der Waals surface area (Å²) in [6.07, 6.45) is 6.33. The van der Waals surface area contributed by atoms with Crippen molar-refractivity contribution in [2.75, 3.05) is 25.5 Å². The number of benzene rings is 1. The van der Waals surface area contributed by atoms with Crippen LogP contribution in [0.1, 0.15) is 44.9 Å². The van der Waals surface area contributed by atoms with Gasteiger partial charge in [0.1, 0.15) is 0 Å². The van der Waals surface area contributed by atoms with E-state index in [4.69, 9.17) is 23.2 Å². The largest absolute Gasteiger partial charge is 0.338 e. The van der Waals surface area contributed by atoms with Crippen LogP contribution in [0.4, 0.5) is 10.5 Å². The maximum Gasteiger partial charge on any atom is 0.315 e. The van der Waals surface area contributed by atoms with Crippen LogP contribution in [-0.2, 0) is 9.59 Å². The Bertz CT molecular complexity index is 703. The topological polar surface area (TPSA) is 90.5 Å². The molecule has 4 amide bonds. The molecular formula is C20H28Cl2N4O3. The quantitative estimate of drug-likeness (QED) is 0.534. The summed E-state index contributed by atoms with van der Waals surface area (Å²) < 4.78 is 0. The molecule has 0 unspecified atom stereocenters. The summed E-state index contributed by atoms with van der Waals surface area (Å²) in [4.78, 5) is 37.6. The van der Waals surface area contributed by atoms with Crippen molar-refractivity contribution in [2.24, 2.45) is 0 Å². The average Bonchev–Trinajstić information content (AvgIpc) is 2.68. The first kappa shape index (κ1) is 23.3. The number of para-hydroxylation sites is 1. The number of hydrogen-bond acceptors (Lipinski definition) is 3. The van der Waals surface area contributed by atoms with Crippen molar-refractivity contribution in [3.05, 3.63) is 28.2 Å². The lowest BCUT2D eigenvalue weighted by atomic mass is 9.96. The minimum Gasteiger partial charge on any atom is -0.338 e. The van der Waals surface area contributed by atoms with Gasteiger partial charge in [-0.25, -0.2) is 4.79 Å². The number of carbonyl (C=O) groups excluding carboxylic acids is 3. The fraction of sp³-hybridized carbons (Fsp3) is 0.550. The number of anilines is 1. The number of carbonyl (C=O) groups is 3. The summed E-state index contributed by atoms with van der Waals surface area (Å²) in [5.74, 6) is -0.569. The van der Waals surface area contributed by atoms with Crippen LogP contribution in [0.15, 0.2) is 18.2 Å². The first-order valence-electron chi connectivity index (χ1n) is 9.89. The Balaban J connectivity index is 1.64. The Labute approximate surface area is 181 Å². The zero-order valence-corrected chi connectivity index (χ0v) is 18.1. The zero-order valence-electron chi connectivity index (χ0n) is 16.6. The van der Waals surface area contributed by atoms with E-state index in [0.717, 1.165) is 25.7 Å². The molecule has 1 saturated carbocycles. The monoisotopic (exact) mass is 442 g/mol. The van der Waals surface area contributed by atoms with Crippen molar-refractivity contribution in [1.82, 2.24) is 15.5 Å². The third-order valence-electron chi connectivity index (χ3n) is 4.83. The summed E-state index contributed by atoms with van der Waals surface area (Å²) in [5, 5.41) is 9.03. The van der Waals surface area contributed by atoms with Crippen LogP contribution in [0.2, 0.25) is 10.0 Å². The Morgan fingerprint density at radius 1 is 1.10 bits per heavy atom. The molecule has 9 heteroatoms. The van der Waals surface area contributed by atoms with Crippen LogP contribution in [0.5, 0.6) is 0 Å². The van der Waals surface area contributed by atoms with Crippen molar-refractivity contribution in [1.29, 1.82) is 0 Å². The molecule has 0 saturated heterocycles. The Morgan fingerprint density at radius 3 is 2.41 bits per heavy atom. The lowest BCUT2D eigenvalue weighted by Crippen LogP contribution is -2.43. The predicted molar refractivity (Wildman–Crippen MR) is 115 cm³/mol. The van der Waals surface area contributed by atoms with Crippen molar-refractivity contribution < 1.29 is 14.4 Å². The molecule has 1 aliphatic carbocycles. The molecule has 0 atom stereocenters. The Hall–Kier alpha value is -1.99. The van der Waals surface area contributed by atoms with Gasteiger partial charge in [-0.05, 0) is 31.4 Å². The summed E-state index contributed by atoms with van der Waals surface area (Å²) in [6, 6.07) is 4.99. The summed E-state index contributed by atoms with van der Waals surface area (Å²) in [6.45, 7) is 0.287. The molecule has 0 spiro atoms. The second-order valence-electron chi connectivity index (χ2n) is 7.23. The van der Waals surface area contributed by atoms with Crippen molar-refractivity contribution in [2.45, 2.75) is 51.0 Å². The van der Waals surface area contributed by atoms with Crippen molar-refractivity contribution in [3.63, 3.8) is 0 Å². The Morgan fingerprint density at radius 2 is 1.76 bits per heavy atom. The molecule has 1 fully saturated rings. The van der Waals surface area contributed by atoms with E-state index in [-0.39, 0.29) is 36.9 Å². The second-order valence-corrected chi connectivity index (χ2v) is 8.05. The maximum absolute atomic E-state index is 12.2. The van der Waals surface area contributed by atoms with Gasteiger partial charge in [0.15, 0.2) is 0 Å². The third-order valence-corrected chi connectivity index (χ3v) is 5.46. The van der Waals surface area contributed by atoms with E-state index in [2.05, 4.69) is 16.0 Å². The van der Waals surface area contributed by atoms with Gasteiger partial charge in [-0.1, -0.05) is 48.5 Å². The van der Waals surface area contributed by atoms with Gasteiger partial charge in [-0.2, -0.15) is 0 Å². The predicted octanol–water partition coefficient (Wildman–Crippen LogP) is 3.80. The van der Waals surface area contributed by atoms with E-state index in [1.54, 1.807) is 25.2 Å². The number of nitrogens with one attached hydrogen (secondary N) is 3. The molecule has 29 heavy (non-hydrogen) atoms. The SMILES string of the molecule is CN(CC(=O)Nc1c(Cl)cccc1Cl)C(=O)CCCNC(=O)NC1CCCCC1.